The molecule has 0 amide bonds. The van der Waals surface area contributed by atoms with Gasteiger partial charge in [0.15, 0.2) is 0 Å². The van der Waals surface area contributed by atoms with Crippen LogP contribution >= 0.6 is 0 Å². The molecule has 0 aromatic heterocycles. The Bertz CT molecular complexity index is 136. The van der Waals surface area contributed by atoms with Crippen molar-refractivity contribution < 1.29 is 9.90 Å². The van der Waals surface area contributed by atoms with E-state index in [-0.39, 0.29) is 5.92 Å². The predicted octanol–water partition coefficient (Wildman–Crippen LogP) is 2.29. The molecule has 1 rings (SSSR count). The fourth-order valence-electron chi connectivity index (χ4n) is 1.84. The van der Waals surface area contributed by atoms with Crippen LogP contribution in [0.5, 0.6) is 0 Å². The second-order valence-electron chi connectivity index (χ2n) is 3.53. The zero-order valence-electron chi connectivity index (χ0n) is 7.05. The molecule has 0 saturated heterocycles. The molecule has 2 nitrogen and oxygen atoms in total. The SMILES string of the molecule is C[C@@H](C(=O)O)C1CCCCC1. The number of carboxylic acids is 1. The molecule has 1 saturated carbocycles. The van der Waals surface area contributed by atoms with Crippen LogP contribution in [0.15, 0.2) is 0 Å². The molecule has 1 aliphatic carbocycles. The average molecular weight is 156 g/mol. The molecule has 1 fully saturated rings. The Labute approximate surface area is 67.6 Å². The van der Waals surface area contributed by atoms with Gasteiger partial charge in [-0.1, -0.05) is 26.2 Å². The van der Waals surface area contributed by atoms with Crippen LogP contribution in [0, 0.1) is 11.8 Å². The summed E-state index contributed by atoms with van der Waals surface area (Å²) in [6.45, 7) is 1.83. The molecule has 1 aliphatic rings. The van der Waals surface area contributed by atoms with Crippen LogP contribution in [0.1, 0.15) is 39.0 Å². The third kappa shape index (κ3) is 2.21. The van der Waals surface area contributed by atoms with Crippen molar-refractivity contribution in [2.45, 2.75) is 39.0 Å². The van der Waals surface area contributed by atoms with Crippen molar-refractivity contribution in [2.75, 3.05) is 0 Å². The van der Waals surface area contributed by atoms with Crippen LogP contribution in [0.3, 0.4) is 0 Å². The van der Waals surface area contributed by atoms with Gasteiger partial charge in [-0.05, 0) is 18.8 Å². The van der Waals surface area contributed by atoms with E-state index in [0.717, 1.165) is 12.8 Å². The molecule has 0 bridgehead atoms. The van der Waals surface area contributed by atoms with Gasteiger partial charge >= 0.3 is 5.97 Å². The number of hydrogen-bond acceptors (Lipinski definition) is 1. The van der Waals surface area contributed by atoms with E-state index in [1.807, 2.05) is 6.92 Å². The zero-order valence-corrected chi connectivity index (χ0v) is 7.05. The number of aliphatic carboxylic acids is 1. The monoisotopic (exact) mass is 156 g/mol. The Kier molecular flexibility index (Phi) is 2.92. The second kappa shape index (κ2) is 3.74. The van der Waals surface area contributed by atoms with Crippen molar-refractivity contribution in [3.05, 3.63) is 0 Å². The van der Waals surface area contributed by atoms with Crippen LogP contribution < -0.4 is 0 Å². The first-order valence-electron chi connectivity index (χ1n) is 4.44. The molecule has 11 heavy (non-hydrogen) atoms. The zero-order chi connectivity index (χ0) is 8.27. The Morgan fingerprint density at radius 2 is 1.91 bits per heavy atom. The van der Waals surface area contributed by atoms with Gasteiger partial charge in [0.25, 0.3) is 0 Å². The lowest BCUT2D eigenvalue weighted by Gasteiger charge is -2.24. The summed E-state index contributed by atoms with van der Waals surface area (Å²) in [5.41, 5.74) is 0. The van der Waals surface area contributed by atoms with E-state index in [2.05, 4.69) is 0 Å². The van der Waals surface area contributed by atoms with Crippen LogP contribution in [-0.4, -0.2) is 11.1 Å². The van der Waals surface area contributed by atoms with E-state index in [0.29, 0.717) is 5.92 Å². The fraction of sp³-hybridized carbons (Fsp3) is 0.889. The van der Waals surface area contributed by atoms with Crippen molar-refractivity contribution in [1.29, 1.82) is 0 Å². The van der Waals surface area contributed by atoms with Gasteiger partial charge in [0.2, 0.25) is 0 Å². The van der Waals surface area contributed by atoms with Gasteiger partial charge in [-0.15, -0.1) is 0 Å². The molecule has 1 N–H and O–H groups in total. The highest BCUT2D eigenvalue weighted by Crippen LogP contribution is 2.29. The lowest BCUT2D eigenvalue weighted by Crippen LogP contribution is -2.22. The van der Waals surface area contributed by atoms with Crippen LogP contribution in [-0.2, 0) is 4.79 Å². The number of rotatable bonds is 2. The smallest absolute Gasteiger partial charge is 0.306 e. The maximum atomic E-state index is 10.6. The molecule has 0 aromatic carbocycles. The van der Waals surface area contributed by atoms with Crippen molar-refractivity contribution in [3.8, 4) is 0 Å². The molecule has 0 spiro atoms. The van der Waals surface area contributed by atoms with Crippen molar-refractivity contribution in [3.63, 3.8) is 0 Å². The molecule has 0 radical (unpaired) electrons. The quantitative estimate of drug-likeness (QED) is 0.666. The normalized spacial score (nSPS) is 23.0. The summed E-state index contributed by atoms with van der Waals surface area (Å²) in [5.74, 6) is -0.312. The van der Waals surface area contributed by atoms with Gasteiger partial charge in [-0.2, -0.15) is 0 Å². The number of carboxylic acid groups (broad SMARTS) is 1. The second-order valence-corrected chi connectivity index (χ2v) is 3.53. The summed E-state index contributed by atoms with van der Waals surface area (Å²) in [5, 5.41) is 8.73. The molecule has 0 heterocycles. The summed E-state index contributed by atoms with van der Waals surface area (Å²) in [6, 6.07) is 0. The van der Waals surface area contributed by atoms with Crippen molar-refractivity contribution in [1.82, 2.24) is 0 Å². The minimum Gasteiger partial charge on any atom is -0.481 e. The third-order valence-corrected chi connectivity index (χ3v) is 2.75. The Morgan fingerprint density at radius 3 is 2.36 bits per heavy atom. The summed E-state index contributed by atoms with van der Waals surface area (Å²) < 4.78 is 0. The molecule has 1 atom stereocenters. The average Bonchev–Trinajstić information content (AvgIpc) is 2.05. The minimum atomic E-state index is -0.628. The maximum Gasteiger partial charge on any atom is 0.306 e. The molecule has 64 valence electrons. The summed E-state index contributed by atoms with van der Waals surface area (Å²) in [7, 11) is 0. The molecule has 0 aromatic rings. The van der Waals surface area contributed by atoms with Gasteiger partial charge in [0.05, 0.1) is 5.92 Å². The van der Waals surface area contributed by atoms with Crippen LogP contribution in [0.2, 0.25) is 0 Å². The topological polar surface area (TPSA) is 37.3 Å². The van der Waals surface area contributed by atoms with Crippen LogP contribution in [0.4, 0.5) is 0 Å². The fourth-order valence-corrected chi connectivity index (χ4v) is 1.84. The van der Waals surface area contributed by atoms with E-state index in [4.69, 9.17) is 5.11 Å². The minimum absolute atomic E-state index is 0.129. The van der Waals surface area contributed by atoms with Gasteiger partial charge in [0, 0.05) is 0 Å². The van der Waals surface area contributed by atoms with E-state index < -0.39 is 5.97 Å². The number of hydrogen-bond donors (Lipinski definition) is 1. The molecular weight excluding hydrogens is 140 g/mol. The van der Waals surface area contributed by atoms with Crippen LogP contribution in [0.25, 0.3) is 0 Å². The van der Waals surface area contributed by atoms with E-state index >= 15 is 0 Å². The summed E-state index contributed by atoms with van der Waals surface area (Å²) >= 11 is 0. The lowest BCUT2D eigenvalue weighted by atomic mass is 9.81. The maximum absolute atomic E-state index is 10.6. The largest absolute Gasteiger partial charge is 0.481 e. The highest BCUT2D eigenvalue weighted by atomic mass is 16.4. The van der Waals surface area contributed by atoms with Gasteiger partial charge in [-0.3, -0.25) is 4.79 Å². The molecule has 0 aliphatic heterocycles. The van der Waals surface area contributed by atoms with E-state index in [1.165, 1.54) is 19.3 Å². The van der Waals surface area contributed by atoms with Gasteiger partial charge in [-0.25, -0.2) is 0 Å². The Balaban J connectivity index is 2.38. The number of carbonyl (C=O) groups is 1. The van der Waals surface area contributed by atoms with Crippen molar-refractivity contribution >= 4 is 5.97 Å². The summed E-state index contributed by atoms with van der Waals surface area (Å²) in [6.07, 6.45) is 5.98. The molecular formula is C9H16O2. The van der Waals surface area contributed by atoms with Crippen molar-refractivity contribution in [2.24, 2.45) is 11.8 Å². The van der Waals surface area contributed by atoms with Gasteiger partial charge < -0.3 is 5.11 Å². The summed E-state index contributed by atoms with van der Waals surface area (Å²) in [4.78, 5) is 10.6. The van der Waals surface area contributed by atoms with Gasteiger partial charge in [0.1, 0.15) is 0 Å². The molecule has 0 unspecified atom stereocenters. The van der Waals surface area contributed by atoms with E-state index in [9.17, 15) is 4.79 Å². The highest BCUT2D eigenvalue weighted by molar-refractivity contribution is 5.69. The lowest BCUT2D eigenvalue weighted by molar-refractivity contribution is -0.143. The first-order chi connectivity index (χ1) is 5.22. The Hall–Kier alpha value is -0.530. The molecule has 2 heteroatoms. The first-order valence-corrected chi connectivity index (χ1v) is 4.44. The predicted molar refractivity (Wildman–Crippen MR) is 43.4 cm³/mol. The highest BCUT2D eigenvalue weighted by Gasteiger charge is 2.24. The standard InChI is InChI=1S/C9H16O2/c1-7(9(10)11)8-5-3-2-4-6-8/h7-8H,2-6H2,1H3,(H,10,11)/t7-/m1/s1. The van der Waals surface area contributed by atoms with E-state index in [1.54, 1.807) is 0 Å². The third-order valence-electron chi connectivity index (χ3n) is 2.75. The first kappa shape index (κ1) is 8.57. The Morgan fingerprint density at radius 1 is 1.36 bits per heavy atom.